The van der Waals surface area contributed by atoms with Gasteiger partial charge in [-0.05, 0) is 39.8 Å². The van der Waals surface area contributed by atoms with Crippen LogP contribution in [0.4, 0.5) is 10.1 Å². The summed E-state index contributed by atoms with van der Waals surface area (Å²) in [6, 6.07) is 4.90. The number of aldehydes is 1. The Labute approximate surface area is 140 Å². The van der Waals surface area contributed by atoms with Crippen molar-refractivity contribution in [3.8, 4) is 0 Å². The molecule has 1 atom stereocenters. The van der Waals surface area contributed by atoms with E-state index >= 15 is 0 Å². The topological polar surface area (TPSA) is 66.5 Å². The number of aromatic nitrogens is 1. The van der Waals surface area contributed by atoms with E-state index in [1.165, 1.54) is 6.07 Å². The SMILES string of the molecule is CC1(C)OCC(Cn2c(C(C)(C)C=O)cc3cc(N)c(F)cc32)O1. The predicted molar refractivity (Wildman–Crippen MR) is 90.3 cm³/mol. The van der Waals surface area contributed by atoms with Crippen molar-refractivity contribution in [3.63, 3.8) is 0 Å². The van der Waals surface area contributed by atoms with Gasteiger partial charge in [0.15, 0.2) is 5.79 Å². The highest BCUT2D eigenvalue weighted by atomic mass is 19.1. The smallest absolute Gasteiger partial charge is 0.163 e. The molecule has 1 aliphatic heterocycles. The first-order valence-electron chi connectivity index (χ1n) is 8.00. The van der Waals surface area contributed by atoms with Gasteiger partial charge in [0.1, 0.15) is 18.2 Å². The molecule has 6 heteroatoms. The number of hydrogen-bond donors (Lipinski definition) is 1. The number of hydrogen-bond acceptors (Lipinski definition) is 4. The minimum Gasteiger partial charge on any atom is -0.396 e. The molecule has 1 fully saturated rings. The maximum Gasteiger partial charge on any atom is 0.163 e. The second kappa shape index (κ2) is 5.57. The molecule has 0 bridgehead atoms. The van der Waals surface area contributed by atoms with E-state index in [0.29, 0.717) is 18.7 Å². The second-order valence-corrected chi connectivity index (χ2v) is 7.36. The molecular weight excluding hydrogens is 311 g/mol. The van der Waals surface area contributed by atoms with Crippen LogP contribution in [0, 0.1) is 5.82 Å². The van der Waals surface area contributed by atoms with Crippen LogP contribution >= 0.6 is 0 Å². The molecule has 5 nitrogen and oxygen atoms in total. The Hall–Kier alpha value is -1.92. The van der Waals surface area contributed by atoms with E-state index in [-0.39, 0.29) is 11.8 Å². The first-order valence-corrected chi connectivity index (χ1v) is 8.00. The van der Waals surface area contributed by atoms with E-state index in [2.05, 4.69) is 0 Å². The van der Waals surface area contributed by atoms with Gasteiger partial charge in [-0.15, -0.1) is 0 Å². The average Bonchev–Trinajstić information content (AvgIpc) is 3.01. The number of fused-ring (bicyclic) bond motifs is 1. The summed E-state index contributed by atoms with van der Waals surface area (Å²) in [5.41, 5.74) is 6.56. The van der Waals surface area contributed by atoms with Crippen LogP contribution in [0.1, 0.15) is 33.4 Å². The Bertz CT molecular complexity index is 795. The maximum atomic E-state index is 14.0. The first-order chi connectivity index (χ1) is 11.1. The molecule has 0 radical (unpaired) electrons. The summed E-state index contributed by atoms with van der Waals surface area (Å²) in [5, 5.41) is 0.803. The van der Waals surface area contributed by atoms with Gasteiger partial charge in [-0.2, -0.15) is 0 Å². The van der Waals surface area contributed by atoms with E-state index in [4.69, 9.17) is 15.2 Å². The van der Waals surface area contributed by atoms with Crippen molar-refractivity contribution in [2.45, 2.75) is 51.5 Å². The molecule has 3 rings (SSSR count). The van der Waals surface area contributed by atoms with E-state index in [0.717, 1.165) is 17.4 Å². The van der Waals surface area contributed by atoms with Gasteiger partial charge in [0.05, 0.1) is 29.8 Å². The van der Waals surface area contributed by atoms with Crippen molar-refractivity contribution in [1.82, 2.24) is 4.57 Å². The lowest BCUT2D eigenvalue weighted by Crippen LogP contribution is -2.28. The molecule has 24 heavy (non-hydrogen) atoms. The van der Waals surface area contributed by atoms with Crippen molar-refractivity contribution in [2.24, 2.45) is 0 Å². The minimum absolute atomic E-state index is 0.0942. The number of nitrogens with zero attached hydrogens (tertiary/aromatic N) is 1. The Kier molecular flexibility index (Phi) is 3.92. The first kappa shape index (κ1) is 16.9. The average molecular weight is 334 g/mol. The van der Waals surface area contributed by atoms with Crippen LogP contribution in [0.25, 0.3) is 10.9 Å². The number of carbonyl (C=O) groups excluding carboxylic acids is 1. The molecule has 130 valence electrons. The lowest BCUT2D eigenvalue weighted by molar-refractivity contribution is -0.139. The quantitative estimate of drug-likeness (QED) is 0.689. The molecule has 1 aliphatic rings. The van der Waals surface area contributed by atoms with Crippen LogP contribution in [-0.2, 0) is 26.2 Å². The third kappa shape index (κ3) is 2.91. The van der Waals surface area contributed by atoms with Gasteiger partial charge in [-0.25, -0.2) is 4.39 Å². The minimum atomic E-state index is -0.709. The van der Waals surface area contributed by atoms with Gasteiger partial charge in [0.2, 0.25) is 0 Å². The Morgan fingerprint density at radius 2 is 2.12 bits per heavy atom. The highest BCUT2D eigenvalue weighted by Gasteiger charge is 2.34. The van der Waals surface area contributed by atoms with Gasteiger partial charge in [-0.1, -0.05) is 0 Å². The molecule has 1 saturated heterocycles. The summed E-state index contributed by atoms with van der Waals surface area (Å²) in [6.07, 6.45) is 0.727. The van der Waals surface area contributed by atoms with Crippen LogP contribution in [0.2, 0.25) is 0 Å². The zero-order valence-corrected chi connectivity index (χ0v) is 14.4. The molecule has 0 aliphatic carbocycles. The third-order valence-electron chi connectivity index (χ3n) is 4.43. The Morgan fingerprint density at radius 1 is 1.42 bits per heavy atom. The molecular formula is C18H23FN2O3. The van der Waals surface area contributed by atoms with Crippen molar-refractivity contribution >= 4 is 22.9 Å². The van der Waals surface area contributed by atoms with Gasteiger partial charge >= 0.3 is 0 Å². The Balaban J connectivity index is 2.10. The van der Waals surface area contributed by atoms with Crippen molar-refractivity contribution in [1.29, 1.82) is 0 Å². The van der Waals surface area contributed by atoms with E-state index in [1.54, 1.807) is 6.07 Å². The molecule has 1 aromatic carbocycles. The molecule has 0 saturated carbocycles. The van der Waals surface area contributed by atoms with Gasteiger partial charge < -0.3 is 24.6 Å². The molecule has 1 unspecified atom stereocenters. The number of benzene rings is 1. The summed E-state index contributed by atoms with van der Waals surface area (Å²) >= 11 is 0. The fourth-order valence-electron chi connectivity index (χ4n) is 3.15. The summed E-state index contributed by atoms with van der Waals surface area (Å²) in [7, 11) is 0. The van der Waals surface area contributed by atoms with E-state index < -0.39 is 17.0 Å². The van der Waals surface area contributed by atoms with Crippen LogP contribution in [0.5, 0.6) is 0 Å². The summed E-state index contributed by atoms with van der Waals surface area (Å²) in [6.45, 7) is 8.31. The summed E-state index contributed by atoms with van der Waals surface area (Å²) < 4.78 is 27.4. The lowest BCUT2D eigenvalue weighted by Gasteiger charge is -2.23. The molecule has 2 aromatic rings. The summed E-state index contributed by atoms with van der Waals surface area (Å²) in [5.74, 6) is -1.11. The Morgan fingerprint density at radius 3 is 2.71 bits per heavy atom. The van der Waals surface area contributed by atoms with Crippen LogP contribution in [0.3, 0.4) is 0 Å². The zero-order chi connectivity index (χ0) is 17.7. The number of halogens is 1. The second-order valence-electron chi connectivity index (χ2n) is 7.36. The molecule has 1 aromatic heterocycles. The van der Waals surface area contributed by atoms with E-state index in [9.17, 15) is 9.18 Å². The van der Waals surface area contributed by atoms with E-state index in [1.807, 2.05) is 38.3 Å². The molecule has 0 spiro atoms. The highest BCUT2D eigenvalue weighted by Crippen LogP contribution is 2.33. The largest absolute Gasteiger partial charge is 0.396 e. The number of ether oxygens (including phenoxy) is 2. The molecule has 2 N–H and O–H groups in total. The van der Waals surface area contributed by atoms with Crippen LogP contribution in [0.15, 0.2) is 18.2 Å². The third-order valence-corrected chi connectivity index (χ3v) is 4.43. The van der Waals surface area contributed by atoms with Crippen molar-refractivity contribution in [2.75, 3.05) is 12.3 Å². The zero-order valence-electron chi connectivity index (χ0n) is 14.4. The van der Waals surface area contributed by atoms with Gasteiger partial charge in [0, 0.05) is 17.1 Å². The van der Waals surface area contributed by atoms with Crippen LogP contribution in [-0.4, -0.2) is 29.4 Å². The number of anilines is 1. The fraction of sp³-hybridized carbons (Fsp3) is 0.500. The number of nitrogen functional groups attached to an aromatic ring is 1. The standard InChI is InChI=1S/C18H23FN2O3/c1-17(2,10-22)16-6-11-5-14(20)13(19)7-15(11)21(16)8-12-9-23-18(3,4)24-12/h5-7,10,12H,8-9,20H2,1-4H3. The number of nitrogens with two attached hydrogens (primary N) is 1. The fourth-order valence-corrected chi connectivity index (χ4v) is 3.15. The normalized spacial score (nSPS) is 20.6. The molecule has 2 heterocycles. The monoisotopic (exact) mass is 334 g/mol. The van der Waals surface area contributed by atoms with Gasteiger partial charge in [0.25, 0.3) is 0 Å². The number of carbonyl (C=O) groups is 1. The van der Waals surface area contributed by atoms with Crippen molar-refractivity contribution < 1.29 is 18.7 Å². The van der Waals surface area contributed by atoms with Gasteiger partial charge in [-0.3, -0.25) is 0 Å². The predicted octanol–water partition coefficient (Wildman–Crippen LogP) is 2.99. The lowest BCUT2D eigenvalue weighted by atomic mass is 9.91. The van der Waals surface area contributed by atoms with Crippen molar-refractivity contribution in [3.05, 3.63) is 29.7 Å². The molecule has 0 amide bonds. The summed E-state index contributed by atoms with van der Waals surface area (Å²) in [4.78, 5) is 11.6. The highest BCUT2D eigenvalue weighted by molar-refractivity contribution is 5.86. The maximum absolute atomic E-state index is 14.0. The van der Waals surface area contributed by atoms with Crippen LogP contribution < -0.4 is 5.73 Å². The number of rotatable bonds is 4.